The Balaban J connectivity index is 2.78. The summed E-state index contributed by atoms with van der Waals surface area (Å²) in [5.74, 6) is 6.01. The fourth-order valence-electron chi connectivity index (χ4n) is 1.00. The molecular formula is C12H15N3O. The number of nitrogens with zero attached hydrogens (tertiary/aromatic N) is 1. The highest BCUT2D eigenvalue weighted by Gasteiger charge is 2.07. The second-order valence-electron chi connectivity index (χ2n) is 3.58. The summed E-state index contributed by atoms with van der Waals surface area (Å²) in [6.07, 6.45) is 1.61. The van der Waals surface area contributed by atoms with Crippen molar-refractivity contribution >= 4 is 11.7 Å². The minimum Gasteiger partial charge on any atom is -0.320 e. The van der Waals surface area contributed by atoms with Gasteiger partial charge in [0.25, 0.3) is 0 Å². The van der Waals surface area contributed by atoms with Crippen LogP contribution < -0.4 is 11.1 Å². The Labute approximate surface area is 95.3 Å². The van der Waals surface area contributed by atoms with Crippen LogP contribution in [-0.2, 0) is 4.79 Å². The van der Waals surface area contributed by atoms with E-state index in [1.807, 2.05) is 13.8 Å². The van der Waals surface area contributed by atoms with E-state index in [9.17, 15) is 4.79 Å². The molecule has 0 fully saturated rings. The largest absolute Gasteiger partial charge is 0.320 e. The van der Waals surface area contributed by atoms with Crippen LogP contribution in [0.25, 0.3) is 0 Å². The standard InChI is InChI=1S/C12H15N3O/c1-9(2)12(16)15-11-8-10(4-3-6-13)5-7-14-11/h5,7-9H,6,13H2,1-2H3,(H,14,15,16). The molecule has 1 amide bonds. The van der Waals surface area contributed by atoms with Crippen LogP contribution in [0, 0.1) is 17.8 Å². The fraction of sp³-hybridized carbons (Fsp3) is 0.333. The van der Waals surface area contributed by atoms with Crippen molar-refractivity contribution in [3.8, 4) is 11.8 Å². The van der Waals surface area contributed by atoms with Gasteiger partial charge >= 0.3 is 0 Å². The zero-order valence-corrected chi connectivity index (χ0v) is 9.45. The zero-order chi connectivity index (χ0) is 12.0. The minimum absolute atomic E-state index is 0.0589. The molecule has 0 aromatic carbocycles. The monoisotopic (exact) mass is 217 g/mol. The first-order valence-corrected chi connectivity index (χ1v) is 5.09. The number of nitrogens with one attached hydrogen (secondary N) is 1. The van der Waals surface area contributed by atoms with Crippen molar-refractivity contribution in [2.24, 2.45) is 11.7 Å². The third-order valence-electron chi connectivity index (χ3n) is 1.87. The first kappa shape index (κ1) is 12.2. The molecule has 3 N–H and O–H groups in total. The van der Waals surface area contributed by atoms with E-state index in [2.05, 4.69) is 22.1 Å². The first-order valence-electron chi connectivity index (χ1n) is 5.09. The van der Waals surface area contributed by atoms with Gasteiger partial charge in [-0.15, -0.1) is 0 Å². The molecule has 1 aromatic rings. The number of nitrogens with two attached hydrogens (primary N) is 1. The predicted molar refractivity (Wildman–Crippen MR) is 63.6 cm³/mol. The highest BCUT2D eigenvalue weighted by atomic mass is 16.1. The van der Waals surface area contributed by atoms with Gasteiger partial charge in [-0.1, -0.05) is 25.7 Å². The van der Waals surface area contributed by atoms with Crippen LogP contribution in [0.3, 0.4) is 0 Å². The van der Waals surface area contributed by atoms with Gasteiger partial charge in [-0.2, -0.15) is 0 Å². The number of carbonyl (C=O) groups excluding carboxylic acids is 1. The normalized spacial score (nSPS) is 9.50. The second-order valence-corrected chi connectivity index (χ2v) is 3.58. The number of hydrogen-bond acceptors (Lipinski definition) is 3. The molecule has 4 heteroatoms. The Morgan fingerprint density at radius 1 is 1.62 bits per heavy atom. The first-order chi connectivity index (χ1) is 7.63. The van der Waals surface area contributed by atoms with Crippen LogP contribution in [0.1, 0.15) is 19.4 Å². The molecule has 1 aromatic heterocycles. The van der Waals surface area contributed by atoms with E-state index < -0.39 is 0 Å². The molecule has 0 atom stereocenters. The maximum absolute atomic E-state index is 11.4. The van der Waals surface area contributed by atoms with Crippen LogP contribution >= 0.6 is 0 Å². The molecule has 0 radical (unpaired) electrons. The van der Waals surface area contributed by atoms with Crippen molar-refractivity contribution in [1.82, 2.24) is 4.98 Å². The third kappa shape index (κ3) is 3.71. The van der Waals surface area contributed by atoms with Gasteiger partial charge in [0.1, 0.15) is 5.82 Å². The van der Waals surface area contributed by atoms with E-state index in [4.69, 9.17) is 5.73 Å². The molecule has 16 heavy (non-hydrogen) atoms. The maximum Gasteiger partial charge on any atom is 0.228 e. The maximum atomic E-state index is 11.4. The van der Waals surface area contributed by atoms with Gasteiger partial charge in [-0.25, -0.2) is 4.98 Å². The Morgan fingerprint density at radius 2 is 2.38 bits per heavy atom. The van der Waals surface area contributed by atoms with E-state index in [-0.39, 0.29) is 11.8 Å². The van der Waals surface area contributed by atoms with Crippen LogP contribution in [0.4, 0.5) is 5.82 Å². The summed E-state index contributed by atoms with van der Waals surface area (Å²) in [5, 5.41) is 2.71. The van der Waals surface area contributed by atoms with Crippen LogP contribution in [0.15, 0.2) is 18.3 Å². The summed E-state index contributed by atoms with van der Waals surface area (Å²) in [6.45, 7) is 3.97. The zero-order valence-electron chi connectivity index (χ0n) is 9.45. The summed E-state index contributed by atoms with van der Waals surface area (Å²) >= 11 is 0. The lowest BCUT2D eigenvalue weighted by molar-refractivity contribution is -0.118. The summed E-state index contributed by atoms with van der Waals surface area (Å²) in [5.41, 5.74) is 6.07. The molecular weight excluding hydrogens is 202 g/mol. The van der Waals surface area contributed by atoms with E-state index in [0.717, 1.165) is 5.56 Å². The number of rotatable bonds is 2. The lowest BCUT2D eigenvalue weighted by Crippen LogP contribution is -2.18. The molecule has 84 valence electrons. The average molecular weight is 217 g/mol. The van der Waals surface area contributed by atoms with Gasteiger partial charge in [-0.05, 0) is 12.1 Å². The number of aromatic nitrogens is 1. The number of hydrogen-bond donors (Lipinski definition) is 2. The molecule has 0 spiro atoms. The molecule has 1 rings (SSSR count). The van der Waals surface area contributed by atoms with Gasteiger partial charge in [0, 0.05) is 17.7 Å². The smallest absolute Gasteiger partial charge is 0.228 e. The number of anilines is 1. The Hall–Kier alpha value is -1.86. The summed E-state index contributed by atoms with van der Waals surface area (Å²) in [4.78, 5) is 15.5. The average Bonchev–Trinajstić information content (AvgIpc) is 2.26. The van der Waals surface area contributed by atoms with Crippen LogP contribution in [0.2, 0.25) is 0 Å². The molecule has 0 aliphatic rings. The van der Waals surface area contributed by atoms with Crippen molar-refractivity contribution in [3.05, 3.63) is 23.9 Å². The number of pyridine rings is 1. The Bertz CT molecular complexity index is 429. The molecule has 0 bridgehead atoms. The molecule has 0 aliphatic carbocycles. The highest BCUT2D eigenvalue weighted by molar-refractivity contribution is 5.91. The topological polar surface area (TPSA) is 68.0 Å². The Kier molecular flexibility index (Phi) is 4.49. The van der Waals surface area contributed by atoms with E-state index in [1.54, 1.807) is 18.3 Å². The summed E-state index contributed by atoms with van der Waals surface area (Å²) in [6, 6.07) is 3.50. The van der Waals surface area contributed by atoms with Crippen molar-refractivity contribution in [1.29, 1.82) is 0 Å². The SMILES string of the molecule is CC(C)C(=O)Nc1cc(C#CCN)ccn1. The van der Waals surface area contributed by atoms with Crippen LogP contribution in [0.5, 0.6) is 0 Å². The summed E-state index contributed by atoms with van der Waals surface area (Å²) in [7, 11) is 0. The molecule has 0 aliphatic heterocycles. The minimum atomic E-state index is -0.0689. The van der Waals surface area contributed by atoms with Crippen molar-refractivity contribution in [2.45, 2.75) is 13.8 Å². The van der Waals surface area contributed by atoms with E-state index in [0.29, 0.717) is 12.4 Å². The molecule has 0 saturated heterocycles. The van der Waals surface area contributed by atoms with Crippen molar-refractivity contribution < 1.29 is 4.79 Å². The molecule has 0 unspecified atom stereocenters. The number of amides is 1. The third-order valence-corrected chi connectivity index (χ3v) is 1.87. The molecule has 1 heterocycles. The van der Waals surface area contributed by atoms with E-state index >= 15 is 0 Å². The number of carbonyl (C=O) groups is 1. The van der Waals surface area contributed by atoms with Gasteiger partial charge < -0.3 is 11.1 Å². The van der Waals surface area contributed by atoms with Gasteiger partial charge in [0.05, 0.1) is 6.54 Å². The predicted octanol–water partition coefficient (Wildman–Crippen LogP) is 0.986. The second kappa shape index (κ2) is 5.89. The quantitative estimate of drug-likeness (QED) is 0.726. The van der Waals surface area contributed by atoms with Crippen LogP contribution in [-0.4, -0.2) is 17.4 Å². The fourth-order valence-corrected chi connectivity index (χ4v) is 1.00. The van der Waals surface area contributed by atoms with Crippen molar-refractivity contribution in [3.63, 3.8) is 0 Å². The summed E-state index contributed by atoms with van der Waals surface area (Å²) < 4.78 is 0. The van der Waals surface area contributed by atoms with E-state index in [1.165, 1.54) is 0 Å². The highest BCUT2D eigenvalue weighted by Crippen LogP contribution is 2.07. The molecule has 4 nitrogen and oxygen atoms in total. The lowest BCUT2D eigenvalue weighted by atomic mass is 10.2. The van der Waals surface area contributed by atoms with Gasteiger partial charge in [0.15, 0.2) is 0 Å². The lowest BCUT2D eigenvalue weighted by Gasteiger charge is -2.06. The Morgan fingerprint density at radius 3 is 3.00 bits per heavy atom. The van der Waals surface area contributed by atoms with Gasteiger partial charge in [-0.3, -0.25) is 4.79 Å². The van der Waals surface area contributed by atoms with Gasteiger partial charge in [0.2, 0.25) is 5.91 Å². The molecule has 0 saturated carbocycles. The van der Waals surface area contributed by atoms with Crippen molar-refractivity contribution in [2.75, 3.05) is 11.9 Å².